The number of likely N-dealkylation sites (tertiary alicyclic amines) is 1. The first kappa shape index (κ1) is 23.6. The van der Waals surface area contributed by atoms with Crippen molar-refractivity contribution in [2.75, 3.05) is 32.1 Å². The molecule has 2 heterocycles. The van der Waals surface area contributed by atoms with Gasteiger partial charge in [0.2, 0.25) is 0 Å². The third-order valence-corrected chi connectivity index (χ3v) is 6.24. The molecule has 0 aromatic heterocycles. The van der Waals surface area contributed by atoms with Crippen molar-refractivity contribution in [3.63, 3.8) is 0 Å². The highest BCUT2D eigenvalue weighted by atomic mass is 35.5. The number of ether oxygens (including phenoxy) is 2. The third kappa shape index (κ3) is 4.43. The first-order valence-corrected chi connectivity index (χ1v) is 11.3. The molecule has 1 saturated heterocycles. The molecule has 0 bridgehead atoms. The summed E-state index contributed by atoms with van der Waals surface area (Å²) in [4.78, 5) is 53.6. The van der Waals surface area contributed by atoms with Gasteiger partial charge in [-0.2, -0.15) is 0 Å². The Balaban J connectivity index is 1.46. The number of nitrogens with one attached hydrogen (secondary N) is 1. The zero-order valence-corrected chi connectivity index (χ0v) is 19.6. The summed E-state index contributed by atoms with van der Waals surface area (Å²) < 4.78 is 10.1. The third-order valence-electron chi connectivity index (χ3n) is 5.95. The molecule has 4 rings (SSSR count). The average Bonchev–Trinajstić information content (AvgIpc) is 3.08. The smallest absolute Gasteiger partial charge is 0.409 e. The van der Waals surface area contributed by atoms with Crippen LogP contribution in [0.1, 0.15) is 50.8 Å². The Morgan fingerprint density at radius 3 is 2.41 bits per heavy atom. The largest absolute Gasteiger partial charge is 0.495 e. The molecular formula is C24H24ClN3O6. The molecule has 178 valence electrons. The van der Waals surface area contributed by atoms with E-state index in [-0.39, 0.29) is 28.6 Å². The van der Waals surface area contributed by atoms with Crippen LogP contribution in [0.5, 0.6) is 5.75 Å². The first-order valence-electron chi connectivity index (χ1n) is 10.9. The number of amides is 4. The first-order chi connectivity index (χ1) is 16.3. The Kier molecular flexibility index (Phi) is 6.74. The zero-order chi connectivity index (χ0) is 24.4. The fourth-order valence-electron chi connectivity index (χ4n) is 4.20. The number of anilines is 1. The number of carbonyl (C=O) groups is 4. The van der Waals surface area contributed by atoms with Gasteiger partial charge in [0, 0.05) is 30.4 Å². The molecule has 1 fully saturated rings. The summed E-state index contributed by atoms with van der Waals surface area (Å²) >= 11 is 6.11. The van der Waals surface area contributed by atoms with Crippen molar-refractivity contribution in [2.45, 2.75) is 25.8 Å². The normalized spacial score (nSPS) is 15.9. The van der Waals surface area contributed by atoms with E-state index >= 15 is 0 Å². The standard InChI is InChI=1S/C24H24ClN3O6/c1-3-34-24(32)27-10-8-16(9-11-27)28-22(30)17-6-4-14(12-18(17)23(28)31)21(29)26-15-5-7-20(33-2)19(25)13-15/h4-7,12-13,16H,3,8-11H2,1-2H3,(H,26,29). The summed E-state index contributed by atoms with van der Waals surface area (Å²) in [5.41, 5.74) is 1.17. The summed E-state index contributed by atoms with van der Waals surface area (Å²) in [7, 11) is 1.50. The molecule has 0 saturated carbocycles. The molecule has 2 aromatic rings. The van der Waals surface area contributed by atoms with E-state index in [9.17, 15) is 19.2 Å². The number of halogens is 1. The van der Waals surface area contributed by atoms with E-state index in [1.807, 2.05) is 0 Å². The highest BCUT2D eigenvalue weighted by Gasteiger charge is 2.41. The molecule has 2 aliphatic heterocycles. The number of methoxy groups -OCH3 is 1. The van der Waals surface area contributed by atoms with Crippen LogP contribution in [0.3, 0.4) is 0 Å². The predicted octanol–water partition coefficient (Wildman–Crippen LogP) is 3.82. The Bertz CT molecular complexity index is 1160. The fourth-order valence-corrected chi connectivity index (χ4v) is 4.46. The lowest BCUT2D eigenvalue weighted by atomic mass is 10.0. The lowest BCUT2D eigenvalue weighted by molar-refractivity contribution is 0.0485. The summed E-state index contributed by atoms with van der Waals surface area (Å²) in [5.74, 6) is -0.778. The van der Waals surface area contributed by atoms with Gasteiger partial charge in [0.05, 0.1) is 29.9 Å². The van der Waals surface area contributed by atoms with Crippen LogP contribution in [0.15, 0.2) is 36.4 Å². The fraction of sp³-hybridized carbons (Fsp3) is 0.333. The van der Waals surface area contributed by atoms with Crippen molar-refractivity contribution in [3.05, 3.63) is 58.1 Å². The van der Waals surface area contributed by atoms with Crippen LogP contribution in [-0.2, 0) is 4.74 Å². The molecule has 34 heavy (non-hydrogen) atoms. The average molecular weight is 486 g/mol. The highest BCUT2D eigenvalue weighted by Crippen LogP contribution is 2.31. The second kappa shape index (κ2) is 9.72. The van der Waals surface area contributed by atoms with Gasteiger partial charge in [-0.3, -0.25) is 19.3 Å². The van der Waals surface area contributed by atoms with Crippen LogP contribution in [0.4, 0.5) is 10.5 Å². The second-order valence-electron chi connectivity index (χ2n) is 7.96. The van der Waals surface area contributed by atoms with Crippen molar-refractivity contribution >= 4 is 41.1 Å². The lowest BCUT2D eigenvalue weighted by Gasteiger charge is -2.35. The van der Waals surface area contributed by atoms with Crippen molar-refractivity contribution in [1.82, 2.24) is 9.80 Å². The van der Waals surface area contributed by atoms with Crippen LogP contribution in [0.2, 0.25) is 5.02 Å². The van der Waals surface area contributed by atoms with E-state index < -0.39 is 17.9 Å². The van der Waals surface area contributed by atoms with Crippen molar-refractivity contribution in [1.29, 1.82) is 0 Å². The maximum Gasteiger partial charge on any atom is 0.409 e. The number of fused-ring (bicyclic) bond motifs is 1. The van der Waals surface area contributed by atoms with Gasteiger partial charge in [-0.1, -0.05) is 11.6 Å². The quantitative estimate of drug-likeness (QED) is 0.645. The highest BCUT2D eigenvalue weighted by molar-refractivity contribution is 6.32. The van der Waals surface area contributed by atoms with Gasteiger partial charge >= 0.3 is 6.09 Å². The molecule has 1 N–H and O–H groups in total. The monoisotopic (exact) mass is 485 g/mol. The van der Waals surface area contributed by atoms with Gasteiger partial charge in [0.25, 0.3) is 17.7 Å². The van der Waals surface area contributed by atoms with Crippen molar-refractivity contribution in [2.24, 2.45) is 0 Å². The number of piperidine rings is 1. The van der Waals surface area contributed by atoms with Crippen molar-refractivity contribution in [3.8, 4) is 5.75 Å². The van der Waals surface area contributed by atoms with Gasteiger partial charge in [0.1, 0.15) is 5.75 Å². The summed E-state index contributed by atoms with van der Waals surface area (Å²) in [6.07, 6.45) is 0.545. The van der Waals surface area contributed by atoms with E-state index in [4.69, 9.17) is 21.1 Å². The van der Waals surface area contributed by atoms with E-state index in [0.29, 0.717) is 49.0 Å². The van der Waals surface area contributed by atoms with Crippen LogP contribution >= 0.6 is 11.6 Å². The van der Waals surface area contributed by atoms with E-state index in [0.717, 1.165) is 0 Å². The van der Waals surface area contributed by atoms with Gasteiger partial charge in [0.15, 0.2) is 0 Å². The molecule has 0 radical (unpaired) electrons. The van der Waals surface area contributed by atoms with Crippen LogP contribution in [0.25, 0.3) is 0 Å². The topological polar surface area (TPSA) is 105 Å². The predicted molar refractivity (Wildman–Crippen MR) is 125 cm³/mol. The van der Waals surface area contributed by atoms with Crippen LogP contribution < -0.4 is 10.1 Å². The SMILES string of the molecule is CCOC(=O)N1CCC(N2C(=O)c3ccc(C(=O)Nc4ccc(OC)c(Cl)c4)cc3C2=O)CC1. The maximum absolute atomic E-state index is 13.1. The Morgan fingerprint density at radius 2 is 1.76 bits per heavy atom. The Hall–Kier alpha value is -3.59. The van der Waals surface area contributed by atoms with Gasteiger partial charge in [-0.05, 0) is 56.2 Å². The molecular weight excluding hydrogens is 462 g/mol. The lowest BCUT2D eigenvalue weighted by Crippen LogP contribution is -2.48. The minimum Gasteiger partial charge on any atom is -0.495 e. The maximum atomic E-state index is 13.1. The Labute approximate surface area is 201 Å². The molecule has 0 spiro atoms. The molecule has 4 amide bonds. The molecule has 0 aliphatic carbocycles. The number of benzene rings is 2. The number of rotatable bonds is 5. The minimum atomic E-state index is -0.439. The van der Waals surface area contributed by atoms with Crippen LogP contribution in [-0.4, -0.2) is 66.5 Å². The number of carbonyl (C=O) groups excluding carboxylic acids is 4. The minimum absolute atomic E-state index is 0.193. The van der Waals surface area contributed by atoms with E-state index in [2.05, 4.69) is 5.32 Å². The molecule has 10 heteroatoms. The van der Waals surface area contributed by atoms with Gasteiger partial charge in [-0.25, -0.2) is 4.79 Å². The number of nitrogens with zero attached hydrogens (tertiary/aromatic N) is 2. The van der Waals surface area contributed by atoms with E-state index in [1.54, 1.807) is 30.0 Å². The van der Waals surface area contributed by atoms with Crippen LogP contribution in [0, 0.1) is 0 Å². The molecule has 9 nitrogen and oxygen atoms in total. The van der Waals surface area contributed by atoms with Gasteiger partial charge < -0.3 is 19.7 Å². The number of imide groups is 1. The zero-order valence-electron chi connectivity index (χ0n) is 18.8. The summed E-state index contributed by atoms with van der Waals surface area (Å²) in [6.45, 7) is 2.83. The van der Waals surface area contributed by atoms with E-state index in [1.165, 1.54) is 30.2 Å². The Morgan fingerprint density at radius 1 is 1.06 bits per heavy atom. The number of hydrogen-bond acceptors (Lipinski definition) is 6. The molecule has 0 atom stereocenters. The van der Waals surface area contributed by atoms with Crippen molar-refractivity contribution < 1.29 is 28.7 Å². The molecule has 2 aromatic carbocycles. The van der Waals surface area contributed by atoms with Gasteiger partial charge in [-0.15, -0.1) is 0 Å². The molecule has 0 unspecified atom stereocenters. The molecule has 2 aliphatic rings. The second-order valence-corrected chi connectivity index (χ2v) is 8.37. The summed E-state index contributed by atoms with van der Waals surface area (Å²) in [5, 5.41) is 3.08. The summed E-state index contributed by atoms with van der Waals surface area (Å²) in [6, 6.07) is 8.96. The number of hydrogen-bond donors (Lipinski definition) is 1.